The summed E-state index contributed by atoms with van der Waals surface area (Å²) >= 11 is 6.15. The van der Waals surface area contributed by atoms with Crippen LogP contribution in [-0.2, 0) is 11.8 Å². The van der Waals surface area contributed by atoms with Crippen molar-refractivity contribution in [1.82, 2.24) is 0 Å². The van der Waals surface area contributed by atoms with Crippen LogP contribution in [0.2, 0.25) is 0 Å². The van der Waals surface area contributed by atoms with Crippen LogP contribution in [0.4, 0.5) is 0 Å². The Balaban J connectivity index is 2.18. The minimum absolute atomic E-state index is 0.165. The summed E-state index contributed by atoms with van der Waals surface area (Å²) in [5, 5.41) is 1.25. The highest BCUT2D eigenvalue weighted by Crippen LogP contribution is 2.63. The molecule has 2 atom stereocenters. The highest BCUT2D eigenvalue weighted by molar-refractivity contribution is 8.20. The fraction of sp³-hybridized carbons (Fsp3) is 0.176. The van der Waals surface area contributed by atoms with Gasteiger partial charge in [-0.05, 0) is 42.7 Å². The van der Waals surface area contributed by atoms with Crippen molar-refractivity contribution in [2.24, 2.45) is 0 Å². The highest BCUT2D eigenvalue weighted by Gasteiger charge is 2.33. The summed E-state index contributed by atoms with van der Waals surface area (Å²) in [4.78, 5) is 0. The molecule has 2 unspecified atom stereocenters. The average Bonchev–Trinajstić information content (AvgIpc) is 2.98. The fourth-order valence-electron chi connectivity index (χ4n) is 2.58. The second kappa shape index (κ2) is 5.20. The van der Waals surface area contributed by atoms with E-state index in [1.54, 1.807) is 6.26 Å². The third-order valence-corrected chi connectivity index (χ3v) is 8.56. The van der Waals surface area contributed by atoms with Gasteiger partial charge in [0.25, 0.3) is 0 Å². The van der Waals surface area contributed by atoms with Crippen LogP contribution in [0.5, 0.6) is 0 Å². The van der Waals surface area contributed by atoms with Crippen molar-refractivity contribution in [3.63, 3.8) is 0 Å². The summed E-state index contributed by atoms with van der Waals surface area (Å²) in [7, 11) is 0. The van der Waals surface area contributed by atoms with Gasteiger partial charge in [-0.3, -0.25) is 0 Å². The second-order valence-electron chi connectivity index (χ2n) is 5.17. The molecular formula is C17H17OPS. The zero-order valence-electron chi connectivity index (χ0n) is 11.6. The van der Waals surface area contributed by atoms with Crippen molar-refractivity contribution in [3.8, 4) is 0 Å². The van der Waals surface area contributed by atoms with Crippen LogP contribution in [0.25, 0.3) is 0 Å². The van der Waals surface area contributed by atoms with Gasteiger partial charge in [-0.1, -0.05) is 53.8 Å². The van der Waals surface area contributed by atoms with E-state index in [4.69, 9.17) is 16.2 Å². The van der Waals surface area contributed by atoms with Gasteiger partial charge in [-0.15, -0.1) is 0 Å². The molecule has 0 saturated heterocycles. The summed E-state index contributed by atoms with van der Waals surface area (Å²) in [6.07, 6.45) is 4.01. The van der Waals surface area contributed by atoms with Gasteiger partial charge >= 0.3 is 0 Å². The van der Waals surface area contributed by atoms with Gasteiger partial charge < -0.3 is 4.42 Å². The first-order valence-electron chi connectivity index (χ1n) is 6.68. The molecule has 0 radical (unpaired) electrons. The molecule has 102 valence electrons. The first-order chi connectivity index (χ1) is 9.61. The minimum atomic E-state index is -1.86. The predicted octanol–water partition coefficient (Wildman–Crippen LogP) is 4.99. The molecule has 0 saturated carbocycles. The van der Waals surface area contributed by atoms with Crippen LogP contribution in [0.3, 0.4) is 0 Å². The predicted molar refractivity (Wildman–Crippen MR) is 89.3 cm³/mol. The Labute approximate surface area is 125 Å². The van der Waals surface area contributed by atoms with Crippen LogP contribution >= 0.6 is 6.04 Å². The summed E-state index contributed by atoms with van der Waals surface area (Å²) in [5.41, 5.74) is 2.75. The van der Waals surface area contributed by atoms with Crippen molar-refractivity contribution in [2.75, 3.05) is 0 Å². The molecule has 1 aliphatic heterocycles. The third kappa shape index (κ3) is 2.24. The number of hydrogen-bond acceptors (Lipinski definition) is 2. The largest absolute Gasteiger partial charge is 0.468 e. The molecule has 0 N–H and O–H groups in total. The second-order valence-corrected chi connectivity index (χ2v) is 9.73. The quantitative estimate of drug-likeness (QED) is 0.725. The van der Waals surface area contributed by atoms with E-state index in [0.717, 1.165) is 5.76 Å². The molecule has 3 rings (SSSR count). The van der Waals surface area contributed by atoms with Crippen molar-refractivity contribution >= 4 is 23.1 Å². The topological polar surface area (TPSA) is 13.1 Å². The van der Waals surface area contributed by atoms with E-state index in [1.807, 2.05) is 18.2 Å². The summed E-state index contributed by atoms with van der Waals surface area (Å²) in [6, 6.07) is 12.6. The van der Waals surface area contributed by atoms with E-state index in [0.29, 0.717) is 0 Å². The number of benzene rings is 1. The molecule has 0 fully saturated rings. The van der Waals surface area contributed by atoms with Crippen molar-refractivity contribution in [1.29, 1.82) is 0 Å². The van der Waals surface area contributed by atoms with Crippen LogP contribution in [0.15, 0.2) is 76.2 Å². The first kappa shape index (κ1) is 13.6. The minimum Gasteiger partial charge on any atom is -0.468 e. The van der Waals surface area contributed by atoms with E-state index in [9.17, 15) is 0 Å². The fourth-order valence-corrected chi connectivity index (χ4v) is 6.93. The lowest BCUT2D eigenvalue weighted by molar-refractivity contribution is 0.518. The summed E-state index contributed by atoms with van der Waals surface area (Å²) < 4.78 is 5.66. The smallest absolute Gasteiger partial charge is 0.116 e. The molecule has 0 amide bonds. The van der Waals surface area contributed by atoms with Crippen molar-refractivity contribution < 1.29 is 4.42 Å². The average molecular weight is 300 g/mol. The Hall–Kier alpha value is -1.37. The first-order valence-corrected chi connectivity index (χ1v) is 9.62. The lowest BCUT2D eigenvalue weighted by atomic mass is 10.1. The third-order valence-electron chi connectivity index (χ3n) is 3.82. The van der Waals surface area contributed by atoms with Gasteiger partial charge in [-0.2, -0.15) is 0 Å². The molecule has 0 spiro atoms. The van der Waals surface area contributed by atoms with Gasteiger partial charge in [-0.25, -0.2) is 0 Å². The van der Waals surface area contributed by atoms with Crippen molar-refractivity contribution in [3.05, 3.63) is 77.5 Å². The van der Waals surface area contributed by atoms with Crippen LogP contribution in [0.1, 0.15) is 25.3 Å². The lowest BCUT2D eigenvalue weighted by Crippen LogP contribution is -2.12. The number of rotatable bonds is 2. The van der Waals surface area contributed by atoms with Crippen LogP contribution in [0, 0.1) is 0 Å². The monoisotopic (exact) mass is 300 g/mol. The molecule has 20 heavy (non-hydrogen) atoms. The van der Waals surface area contributed by atoms with Gasteiger partial charge in [0.15, 0.2) is 0 Å². The molecule has 3 heteroatoms. The maximum atomic E-state index is 6.15. The molecule has 1 aliphatic rings. The normalized spacial score (nSPS) is 26.0. The van der Waals surface area contributed by atoms with E-state index in [2.05, 4.69) is 50.0 Å². The highest BCUT2D eigenvalue weighted by atomic mass is 32.4. The zero-order valence-corrected chi connectivity index (χ0v) is 13.3. The van der Waals surface area contributed by atoms with Crippen molar-refractivity contribution in [2.45, 2.75) is 19.5 Å². The molecule has 2 heterocycles. The SMILES string of the molecule is CC1=CC(c2ccco2)P(=S)(c2ccccc2)C=C1C. The zero-order chi connectivity index (χ0) is 14.2. The van der Waals surface area contributed by atoms with E-state index in [1.165, 1.54) is 16.5 Å². The Bertz CT molecular complexity index is 711. The lowest BCUT2D eigenvalue weighted by Gasteiger charge is -2.30. The number of hydrogen-bond donors (Lipinski definition) is 0. The molecule has 1 aromatic heterocycles. The summed E-state index contributed by atoms with van der Waals surface area (Å²) in [6.45, 7) is 4.29. The number of allylic oxidation sites excluding steroid dienone is 3. The Morgan fingerprint density at radius 1 is 1.00 bits per heavy atom. The van der Waals surface area contributed by atoms with E-state index >= 15 is 0 Å². The van der Waals surface area contributed by atoms with E-state index < -0.39 is 6.04 Å². The molecule has 0 bridgehead atoms. The molecular weight excluding hydrogens is 283 g/mol. The summed E-state index contributed by atoms with van der Waals surface area (Å²) in [5.74, 6) is 3.28. The molecule has 0 aliphatic carbocycles. The Morgan fingerprint density at radius 2 is 1.75 bits per heavy atom. The van der Waals surface area contributed by atoms with Gasteiger partial charge in [0.2, 0.25) is 0 Å². The molecule has 1 nitrogen and oxygen atoms in total. The van der Waals surface area contributed by atoms with Crippen LogP contribution < -0.4 is 5.30 Å². The van der Waals surface area contributed by atoms with Gasteiger partial charge in [0, 0.05) is 6.04 Å². The van der Waals surface area contributed by atoms with Gasteiger partial charge in [0.1, 0.15) is 5.76 Å². The maximum Gasteiger partial charge on any atom is 0.116 e. The Kier molecular flexibility index (Phi) is 3.54. The van der Waals surface area contributed by atoms with E-state index in [-0.39, 0.29) is 5.66 Å². The molecule has 2 aromatic rings. The maximum absolute atomic E-state index is 6.15. The van der Waals surface area contributed by atoms with Crippen LogP contribution in [-0.4, -0.2) is 0 Å². The molecule has 1 aromatic carbocycles. The standard InChI is InChI=1S/C17H17OPS/c1-13-11-17(16-9-6-10-18-16)19(20,12-14(13)2)15-7-4-3-5-8-15/h3-12,17H,1-2H3. The number of furan rings is 1. The van der Waals surface area contributed by atoms with Gasteiger partial charge in [0.05, 0.1) is 11.9 Å². The Morgan fingerprint density at radius 3 is 2.40 bits per heavy atom.